The van der Waals surface area contributed by atoms with Gasteiger partial charge >= 0.3 is 0 Å². The van der Waals surface area contributed by atoms with E-state index in [1.165, 1.54) is 15.9 Å². The Morgan fingerprint density at radius 3 is 1.44 bits per heavy atom. The monoisotopic (exact) mass is 345 g/mol. The van der Waals surface area contributed by atoms with Gasteiger partial charge in [0, 0.05) is 0 Å². The van der Waals surface area contributed by atoms with Crippen LogP contribution in [0.2, 0.25) is 0 Å². The van der Waals surface area contributed by atoms with E-state index in [2.05, 4.69) is 96.9 Å². The molecule has 0 aliphatic carbocycles. The van der Waals surface area contributed by atoms with Crippen molar-refractivity contribution < 1.29 is 4.74 Å². The largest absolute Gasteiger partial charge is 0.365 e. The quantitative estimate of drug-likeness (QED) is 0.361. The van der Waals surface area contributed by atoms with Gasteiger partial charge in [0.25, 0.3) is 0 Å². The molecule has 0 amide bonds. The van der Waals surface area contributed by atoms with Gasteiger partial charge in [-0.05, 0) is 36.4 Å². The third-order valence-electron chi connectivity index (χ3n) is 4.35. The lowest BCUT2D eigenvalue weighted by Crippen LogP contribution is -2.34. The van der Waals surface area contributed by atoms with Crippen LogP contribution >= 0.6 is 7.26 Å². The van der Waals surface area contributed by atoms with Crippen LogP contribution in [0.5, 0.6) is 0 Å². The van der Waals surface area contributed by atoms with Crippen molar-refractivity contribution in [1.82, 2.24) is 0 Å². The van der Waals surface area contributed by atoms with Gasteiger partial charge in [-0.3, -0.25) is 0 Å². The van der Waals surface area contributed by atoms with Crippen molar-refractivity contribution in [3.8, 4) is 12.3 Å². The van der Waals surface area contributed by atoms with Crippen LogP contribution < -0.4 is 15.9 Å². The minimum absolute atomic E-state index is 0.359. The Hall–Kier alpha value is -2.39. The molecule has 0 saturated carbocycles. The van der Waals surface area contributed by atoms with Gasteiger partial charge in [0.2, 0.25) is 0 Å². The molecule has 0 heterocycles. The molecule has 3 rings (SSSR count). The zero-order valence-electron chi connectivity index (χ0n) is 14.2. The average molecular weight is 345 g/mol. The smallest absolute Gasteiger partial charge is 0.114 e. The summed E-state index contributed by atoms with van der Waals surface area (Å²) in [4.78, 5) is 0. The predicted octanol–water partition coefficient (Wildman–Crippen LogP) is 3.63. The molecule has 124 valence electrons. The summed E-state index contributed by atoms with van der Waals surface area (Å²) in [7, 11) is -1.79. The number of terminal acetylenes is 1. The summed E-state index contributed by atoms with van der Waals surface area (Å²) < 4.78 is 5.69. The van der Waals surface area contributed by atoms with Crippen LogP contribution in [0.25, 0.3) is 0 Å². The first-order chi connectivity index (χ1) is 12.4. The molecule has 1 nitrogen and oxygen atoms in total. The van der Waals surface area contributed by atoms with Crippen LogP contribution in [0.4, 0.5) is 0 Å². The summed E-state index contributed by atoms with van der Waals surface area (Å²) in [5.74, 6) is 2.56. The lowest BCUT2D eigenvalue weighted by Gasteiger charge is -2.27. The molecular formula is C23H22OP+. The normalized spacial score (nSPS) is 11.0. The van der Waals surface area contributed by atoms with Crippen molar-refractivity contribution in [2.75, 3.05) is 19.4 Å². The Labute approximate surface area is 151 Å². The third-order valence-corrected chi connectivity index (χ3v) is 8.74. The van der Waals surface area contributed by atoms with Crippen LogP contribution in [0.3, 0.4) is 0 Å². The Bertz CT molecular complexity index is 710. The van der Waals surface area contributed by atoms with E-state index in [9.17, 15) is 0 Å². The second kappa shape index (κ2) is 8.63. The molecule has 0 bridgehead atoms. The van der Waals surface area contributed by atoms with E-state index in [0.717, 1.165) is 6.16 Å². The zero-order valence-corrected chi connectivity index (χ0v) is 15.1. The third kappa shape index (κ3) is 3.83. The first-order valence-corrected chi connectivity index (χ1v) is 10.4. The zero-order chi connectivity index (χ0) is 17.4. The highest BCUT2D eigenvalue weighted by Crippen LogP contribution is 2.54. The summed E-state index contributed by atoms with van der Waals surface area (Å²) >= 11 is 0. The summed E-state index contributed by atoms with van der Waals surface area (Å²) in [6.07, 6.45) is 6.28. The van der Waals surface area contributed by atoms with Gasteiger partial charge in [-0.1, -0.05) is 60.5 Å². The highest BCUT2D eigenvalue weighted by Gasteiger charge is 2.44. The van der Waals surface area contributed by atoms with Crippen molar-refractivity contribution in [1.29, 1.82) is 0 Å². The van der Waals surface area contributed by atoms with Gasteiger partial charge in [-0.15, -0.1) is 6.42 Å². The summed E-state index contributed by atoms with van der Waals surface area (Å²) in [6.45, 7) is 1.01. The van der Waals surface area contributed by atoms with Crippen LogP contribution in [0.1, 0.15) is 0 Å². The number of hydrogen-bond donors (Lipinski definition) is 0. The molecule has 0 aliphatic rings. The van der Waals surface area contributed by atoms with Crippen LogP contribution in [0.15, 0.2) is 91.0 Å². The maximum atomic E-state index is 5.69. The molecule has 3 aromatic carbocycles. The molecule has 0 aromatic heterocycles. The Kier molecular flexibility index (Phi) is 6.02. The van der Waals surface area contributed by atoms with E-state index in [1.54, 1.807) is 0 Å². The van der Waals surface area contributed by atoms with E-state index >= 15 is 0 Å². The minimum Gasteiger partial charge on any atom is -0.365 e. The fraction of sp³-hybridized carbons (Fsp3) is 0.130. The highest BCUT2D eigenvalue weighted by molar-refractivity contribution is 7.95. The van der Waals surface area contributed by atoms with Gasteiger partial charge in [0.1, 0.15) is 29.8 Å². The Morgan fingerprint density at radius 1 is 0.680 bits per heavy atom. The van der Waals surface area contributed by atoms with E-state index in [4.69, 9.17) is 11.2 Å². The summed E-state index contributed by atoms with van der Waals surface area (Å²) in [5.41, 5.74) is 0. The van der Waals surface area contributed by atoms with Gasteiger partial charge in [0.05, 0.1) is 12.8 Å². The van der Waals surface area contributed by atoms with Crippen molar-refractivity contribution in [2.24, 2.45) is 0 Å². The van der Waals surface area contributed by atoms with E-state index in [0.29, 0.717) is 13.2 Å². The van der Waals surface area contributed by atoms with Crippen molar-refractivity contribution >= 4 is 23.2 Å². The van der Waals surface area contributed by atoms with Gasteiger partial charge < -0.3 is 4.74 Å². The fourth-order valence-corrected chi connectivity index (χ4v) is 7.33. The van der Waals surface area contributed by atoms with Crippen molar-refractivity contribution in [3.05, 3.63) is 91.0 Å². The lowest BCUT2D eigenvalue weighted by molar-refractivity contribution is 0.185. The molecular weight excluding hydrogens is 323 g/mol. The molecule has 0 N–H and O–H groups in total. The number of rotatable bonds is 7. The molecule has 0 saturated heterocycles. The van der Waals surface area contributed by atoms with Crippen molar-refractivity contribution in [2.45, 2.75) is 0 Å². The first kappa shape index (κ1) is 17.4. The lowest BCUT2D eigenvalue weighted by atomic mass is 10.4. The fourth-order valence-electron chi connectivity index (χ4n) is 3.21. The molecule has 0 spiro atoms. The number of ether oxygens (including phenoxy) is 1. The summed E-state index contributed by atoms with van der Waals surface area (Å²) in [5, 5.41) is 4.12. The van der Waals surface area contributed by atoms with Crippen molar-refractivity contribution in [3.63, 3.8) is 0 Å². The van der Waals surface area contributed by atoms with E-state index in [1.807, 2.05) is 0 Å². The molecule has 2 heteroatoms. The molecule has 0 fully saturated rings. The van der Waals surface area contributed by atoms with Crippen LogP contribution in [-0.4, -0.2) is 19.4 Å². The maximum Gasteiger partial charge on any atom is 0.114 e. The molecule has 0 aliphatic heterocycles. The molecule has 25 heavy (non-hydrogen) atoms. The Balaban J connectivity index is 2.15. The standard InChI is InChI=1S/C23H22OP/c1-2-18-24-19-20-25(21-12-6-3-7-13-21,22-14-8-4-9-15-22)23-16-10-5-11-17-23/h1,3-17H,18-20H2/q+1. The average Bonchev–Trinajstić information content (AvgIpc) is 2.70. The van der Waals surface area contributed by atoms with E-state index in [-0.39, 0.29) is 0 Å². The number of benzene rings is 3. The SMILES string of the molecule is C#CCOCC[P+](c1ccccc1)(c1ccccc1)c1ccccc1. The first-order valence-electron chi connectivity index (χ1n) is 8.44. The highest BCUT2D eigenvalue weighted by atomic mass is 31.2. The second-order valence-electron chi connectivity index (χ2n) is 5.80. The molecule has 0 atom stereocenters. The van der Waals surface area contributed by atoms with Crippen LogP contribution in [0, 0.1) is 12.3 Å². The van der Waals surface area contributed by atoms with Gasteiger partial charge in [0.15, 0.2) is 0 Å². The predicted molar refractivity (Wildman–Crippen MR) is 110 cm³/mol. The number of hydrogen-bond acceptors (Lipinski definition) is 1. The molecule has 0 radical (unpaired) electrons. The topological polar surface area (TPSA) is 9.23 Å². The van der Waals surface area contributed by atoms with Crippen LogP contribution in [-0.2, 0) is 4.74 Å². The molecule has 0 unspecified atom stereocenters. The van der Waals surface area contributed by atoms with Gasteiger partial charge in [-0.2, -0.15) is 0 Å². The Morgan fingerprint density at radius 2 is 1.08 bits per heavy atom. The second-order valence-corrected chi connectivity index (χ2v) is 9.41. The maximum absolute atomic E-state index is 5.69. The van der Waals surface area contributed by atoms with E-state index < -0.39 is 7.26 Å². The summed E-state index contributed by atoms with van der Waals surface area (Å²) in [6, 6.07) is 32.4. The minimum atomic E-state index is -1.79. The van der Waals surface area contributed by atoms with Gasteiger partial charge in [-0.25, -0.2) is 0 Å². The molecule has 3 aromatic rings.